The van der Waals surface area contributed by atoms with E-state index in [9.17, 15) is 0 Å². The molecule has 1 rings (SSSR count). The molecule has 0 aliphatic heterocycles. The molecule has 0 spiro atoms. The van der Waals surface area contributed by atoms with Gasteiger partial charge in [0.1, 0.15) is 5.84 Å². The van der Waals surface area contributed by atoms with Gasteiger partial charge >= 0.3 is 0 Å². The number of hydrogen-bond donors (Lipinski definition) is 3. The van der Waals surface area contributed by atoms with Gasteiger partial charge in [0.25, 0.3) is 0 Å². The van der Waals surface area contributed by atoms with Crippen molar-refractivity contribution in [2.45, 2.75) is 6.92 Å². The quantitative estimate of drug-likeness (QED) is 0.466. The van der Waals surface area contributed by atoms with Crippen molar-refractivity contribution in [1.82, 2.24) is 0 Å². The van der Waals surface area contributed by atoms with Crippen LogP contribution in [0.3, 0.4) is 0 Å². The van der Waals surface area contributed by atoms with Gasteiger partial charge in [0.2, 0.25) is 0 Å². The smallest absolute Gasteiger partial charge is 0.124 e. The Morgan fingerprint density at radius 2 is 2.17 bits per heavy atom. The fourth-order valence-electron chi connectivity index (χ4n) is 1.06. The van der Waals surface area contributed by atoms with Gasteiger partial charge in [-0.05, 0) is 19.1 Å². The summed E-state index contributed by atoms with van der Waals surface area (Å²) in [7, 11) is 0. The molecule has 64 valence electrons. The predicted molar refractivity (Wildman–Crippen MR) is 51.6 cm³/mol. The zero-order valence-electron chi connectivity index (χ0n) is 7.09. The molecule has 0 aliphatic rings. The number of benzene rings is 1. The molecule has 0 atom stereocenters. The van der Waals surface area contributed by atoms with Crippen molar-refractivity contribution in [2.24, 2.45) is 5.73 Å². The van der Waals surface area contributed by atoms with Crippen LogP contribution in [0.4, 0.5) is 5.69 Å². The lowest BCUT2D eigenvalue weighted by Gasteiger charge is -2.07. The number of para-hydroxylation sites is 1. The number of anilines is 1. The maximum Gasteiger partial charge on any atom is 0.124 e. The first-order valence-electron chi connectivity index (χ1n) is 3.93. The molecule has 0 unspecified atom stereocenters. The lowest BCUT2D eigenvalue weighted by molar-refractivity contribution is 1.21. The predicted octanol–water partition coefficient (Wildman–Crippen LogP) is 1.40. The molecule has 12 heavy (non-hydrogen) atoms. The minimum Gasteiger partial charge on any atom is -0.385 e. The molecule has 0 amide bonds. The lowest BCUT2D eigenvalue weighted by Crippen LogP contribution is -2.14. The number of nitrogen functional groups attached to an aromatic ring is 1. The zero-order chi connectivity index (χ0) is 8.97. The highest BCUT2D eigenvalue weighted by molar-refractivity contribution is 6.00. The third kappa shape index (κ3) is 1.75. The molecule has 4 N–H and O–H groups in total. The SMILES string of the molecule is CCNc1ccccc1C(=N)N. The average molecular weight is 163 g/mol. The first-order valence-corrected chi connectivity index (χ1v) is 3.93. The van der Waals surface area contributed by atoms with Crippen LogP contribution >= 0.6 is 0 Å². The Kier molecular flexibility index (Phi) is 2.69. The molecule has 1 aromatic rings. The standard InChI is InChI=1S/C9H13N3/c1-2-12-8-6-4-3-5-7(8)9(10)11/h3-6,12H,2H2,1H3,(H3,10,11). The average Bonchev–Trinajstić information content (AvgIpc) is 2.05. The Morgan fingerprint density at radius 1 is 1.50 bits per heavy atom. The molecule has 0 radical (unpaired) electrons. The van der Waals surface area contributed by atoms with Crippen molar-refractivity contribution in [3.05, 3.63) is 29.8 Å². The van der Waals surface area contributed by atoms with Crippen molar-refractivity contribution >= 4 is 11.5 Å². The summed E-state index contributed by atoms with van der Waals surface area (Å²) < 4.78 is 0. The van der Waals surface area contributed by atoms with Crippen LogP contribution in [0.1, 0.15) is 12.5 Å². The molecular weight excluding hydrogens is 150 g/mol. The highest BCUT2D eigenvalue weighted by atomic mass is 14.9. The third-order valence-corrected chi connectivity index (χ3v) is 1.58. The topological polar surface area (TPSA) is 61.9 Å². The van der Waals surface area contributed by atoms with E-state index in [0.717, 1.165) is 17.8 Å². The van der Waals surface area contributed by atoms with E-state index in [1.807, 2.05) is 31.2 Å². The van der Waals surface area contributed by atoms with Gasteiger partial charge in [-0.3, -0.25) is 5.41 Å². The third-order valence-electron chi connectivity index (χ3n) is 1.58. The first kappa shape index (κ1) is 8.59. The number of rotatable bonds is 3. The van der Waals surface area contributed by atoms with Gasteiger partial charge in [-0.1, -0.05) is 12.1 Å². The minimum absolute atomic E-state index is 0.103. The van der Waals surface area contributed by atoms with Crippen LogP contribution in [0.2, 0.25) is 0 Å². The van der Waals surface area contributed by atoms with Gasteiger partial charge in [-0.15, -0.1) is 0 Å². The number of nitrogens with one attached hydrogen (secondary N) is 2. The van der Waals surface area contributed by atoms with Gasteiger partial charge in [-0.2, -0.15) is 0 Å². The Bertz CT molecular complexity index is 281. The van der Waals surface area contributed by atoms with E-state index in [1.54, 1.807) is 0 Å². The van der Waals surface area contributed by atoms with Crippen LogP contribution in [-0.2, 0) is 0 Å². The summed E-state index contributed by atoms with van der Waals surface area (Å²) in [4.78, 5) is 0. The molecule has 0 heterocycles. The lowest BCUT2D eigenvalue weighted by atomic mass is 10.1. The molecule has 0 saturated heterocycles. The number of amidine groups is 1. The fourth-order valence-corrected chi connectivity index (χ4v) is 1.06. The van der Waals surface area contributed by atoms with Crippen LogP contribution in [0.25, 0.3) is 0 Å². The Balaban J connectivity index is 3.00. The van der Waals surface area contributed by atoms with E-state index >= 15 is 0 Å². The number of hydrogen-bond acceptors (Lipinski definition) is 2. The highest BCUT2D eigenvalue weighted by Gasteiger charge is 2.01. The summed E-state index contributed by atoms with van der Waals surface area (Å²) in [5.41, 5.74) is 7.08. The van der Waals surface area contributed by atoms with Crippen molar-refractivity contribution in [2.75, 3.05) is 11.9 Å². The second-order valence-electron chi connectivity index (χ2n) is 2.49. The number of nitrogens with two attached hydrogens (primary N) is 1. The second-order valence-corrected chi connectivity index (χ2v) is 2.49. The monoisotopic (exact) mass is 163 g/mol. The molecule has 3 heteroatoms. The molecule has 0 bridgehead atoms. The van der Waals surface area contributed by atoms with Crippen molar-refractivity contribution in [1.29, 1.82) is 5.41 Å². The maximum atomic E-state index is 7.29. The molecule has 1 aromatic carbocycles. The van der Waals surface area contributed by atoms with Crippen molar-refractivity contribution in [3.63, 3.8) is 0 Å². The fraction of sp³-hybridized carbons (Fsp3) is 0.222. The van der Waals surface area contributed by atoms with Gasteiger partial charge in [0.15, 0.2) is 0 Å². The van der Waals surface area contributed by atoms with Gasteiger partial charge in [0, 0.05) is 17.8 Å². The van der Waals surface area contributed by atoms with Crippen LogP contribution in [0.5, 0.6) is 0 Å². The summed E-state index contributed by atoms with van der Waals surface area (Å²) in [6, 6.07) is 7.54. The molecule has 0 fully saturated rings. The normalized spacial score (nSPS) is 9.42. The Labute approximate surface area is 72.1 Å². The summed E-state index contributed by atoms with van der Waals surface area (Å²) in [6.07, 6.45) is 0. The molecule has 3 nitrogen and oxygen atoms in total. The Hall–Kier alpha value is -1.51. The molecule has 0 saturated carbocycles. The van der Waals surface area contributed by atoms with E-state index in [4.69, 9.17) is 11.1 Å². The van der Waals surface area contributed by atoms with Crippen LogP contribution in [-0.4, -0.2) is 12.4 Å². The van der Waals surface area contributed by atoms with E-state index in [2.05, 4.69) is 5.32 Å². The van der Waals surface area contributed by atoms with Crippen LogP contribution < -0.4 is 11.1 Å². The molecule has 0 aliphatic carbocycles. The van der Waals surface area contributed by atoms with E-state index in [1.165, 1.54) is 0 Å². The Morgan fingerprint density at radius 3 is 2.75 bits per heavy atom. The first-order chi connectivity index (χ1) is 5.75. The highest BCUT2D eigenvalue weighted by Crippen LogP contribution is 2.13. The van der Waals surface area contributed by atoms with E-state index < -0.39 is 0 Å². The molecule has 0 aromatic heterocycles. The molecular formula is C9H13N3. The van der Waals surface area contributed by atoms with Crippen LogP contribution in [0, 0.1) is 5.41 Å². The zero-order valence-corrected chi connectivity index (χ0v) is 7.09. The van der Waals surface area contributed by atoms with Gasteiger partial charge in [-0.25, -0.2) is 0 Å². The van der Waals surface area contributed by atoms with Crippen molar-refractivity contribution in [3.8, 4) is 0 Å². The minimum atomic E-state index is 0.103. The largest absolute Gasteiger partial charge is 0.385 e. The van der Waals surface area contributed by atoms with Crippen LogP contribution in [0.15, 0.2) is 24.3 Å². The summed E-state index contributed by atoms with van der Waals surface area (Å²) in [5, 5.41) is 10.4. The summed E-state index contributed by atoms with van der Waals surface area (Å²) in [5.74, 6) is 0.103. The maximum absolute atomic E-state index is 7.29. The van der Waals surface area contributed by atoms with Crippen molar-refractivity contribution < 1.29 is 0 Å². The van der Waals surface area contributed by atoms with E-state index in [0.29, 0.717) is 0 Å². The van der Waals surface area contributed by atoms with Gasteiger partial charge in [0.05, 0.1) is 0 Å². The van der Waals surface area contributed by atoms with E-state index in [-0.39, 0.29) is 5.84 Å². The summed E-state index contributed by atoms with van der Waals surface area (Å²) >= 11 is 0. The van der Waals surface area contributed by atoms with Gasteiger partial charge < -0.3 is 11.1 Å². The summed E-state index contributed by atoms with van der Waals surface area (Å²) in [6.45, 7) is 2.85. The second kappa shape index (κ2) is 3.76.